The van der Waals surface area contributed by atoms with E-state index in [1.54, 1.807) is 6.07 Å². The lowest BCUT2D eigenvalue weighted by molar-refractivity contribution is 0.469. The minimum atomic E-state index is 0.418. The van der Waals surface area contributed by atoms with Crippen LogP contribution in [-0.4, -0.2) is 5.11 Å². The molecule has 0 radical (unpaired) electrons. The molecule has 0 saturated heterocycles. The number of phenols is 1. The Morgan fingerprint density at radius 3 is 2.45 bits per heavy atom. The quantitative estimate of drug-likeness (QED) is 0.652. The second kappa shape index (κ2) is 2.95. The number of benzene rings is 1. The molecule has 0 atom stereocenters. The molecule has 1 rings (SSSR count). The maximum atomic E-state index is 9.41. The summed E-state index contributed by atoms with van der Waals surface area (Å²) in [4.78, 5) is 0. The molecule has 0 aliphatic carbocycles. The number of hydrogen-bond acceptors (Lipinski definition) is 1. The van der Waals surface area contributed by atoms with Crippen LogP contribution in [0, 0.1) is 13.8 Å². The Bertz CT molecular complexity index is 264. The molecule has 0 bridgehead atoms. The zero-order chi connectivity index (χ0) is 8.43. The number of rotatable bonds is 1. The van der Waals surface area contributed by atoms with Gasteiger partial charge in [0.25, 0.3) is 0 Å². The van der Waals surface area contributed by atoms with Crippen LogP contribution in [0.3, 0.4) is 0 Å². The Hall–Kier alpha value is -0.980. The Balaban J connectivity index is 3.24. The van der Waals surface area contributed by atoms with Gasteiger partial charge in [-0.25, -0.2) is 0 Å². The summed E-state index contributed by atoms with van der Waals surface area (Å²) in [6.45, 7) is 6.05. The van der Waals surface area contributed by atoms with Gasteiger partial charge in [0.1, 0.15) is 5.75 Å². The average Bonchev–Trinajstić information content (AvgIpc) is 1.96. The highest BCUT2D eigenvalue weighted by Gasteiger charge is 2.01. The smallest absolute Gasteiger partial charge is 0.119 e. The minimum Gasteiger partial charge on any atom is -0.508 e. The molecule has 0 saturated carbocycles. The lowest BCUT2D eigenvalue weighted by Gasteiger charge is -2.06. The van der Waals surface area contributed by atoms with Crippen molar-refractivity contribution in [2.45, 2.75) is 27.2 Å². The Kier molecular flexibility index (Phi) is 2.18. The van der Waals surface area contributed by atoms with Crippen molar-refractivity contribution in [3.8, 4) is 5.75 Å². The third-order valence-electron chi connectivity index (χ3n) is 2.01. The summed E-state index contributed by atoms with van der Waals surface area (Å²) in [5.74, 6) is 0.418. The lowest BCUT2D eigenvalue weighted by atomic mass is 10.0. The highest BCUT2D eigenvalue weighted by Crippen LogP contribution is 2.22. The van der Waals surface area contributed by atoms with Crippen molar-refractivity contribution in [3.63, 3.8) is 0 Å². The van der Waals surface area contributed by atoms with Gasteiger partial charge in [0.15, 0.2) is 0 Å². The molecule has 0 aromatic heterocycles. The highest BCUT2D eigenvalue weighted by molar-refractivity contribution is 5.41. The lowest BCUT2D eigenvalue weighted by Crippen LogP contribution is -1.88. The van der Waals surface area contributed by atoms with Crippen LogP contribution in [0.1, 0.15) is 23.6 Å². The first-order valence-electron chi connectivity index (χ1n) is 3.94. The van der Waals surface area contributed by atoms with Gasteiger partial charge in [-0.3, -0.25) is 0 Å². The van der Waals surface area contributed by atoms with E-state index >= 15 is 0 Å². The third kappa shape index (κ3) is 1.53. The van der Waals surface area contributed by atoms with E-state index in [1.165, 1.54) is 5.56 Å². The van der Waals surface area contributed by atoms with Gasteiger partial charge in [-0.05, 0) is 43.0 Å². The van der Waals surface area contributed by atoms with Gasteiger partial charge in [0.2, 0.25) is 0 Å². The van der Waals surface area contributed by atoms with Crippen molar-refractivity contribution >= 4 is 0 Å². The van der Waals surface area contributed by atoms with Crippen LogP contribution >= 0.6 is 0 Å². The van der Waals surface area contributed by atoms with Crippen LogP contribution in [0.25, 0.3) is 0 Å². The van der Waals surface area contributed by atoms with E-state index in [2.05, 4.69) is 13.0 Å². The molecule has 0 aliphatic rings. The summed E-state index contributed by atoms with van der Waals surface area (Å²) in [7, 11) is 0. The molecule has 11 heavy (non-hydrogen) atoms. The van der Waals surface area contributed by atoms with Gasteiger partial charge in [0.05, 0.1) is 0 Å². The molecule has 0 aliphatic heterocycles. The average molecular weight is 150 g/mol. The summed E-state index contributed by atoms with van der Waals surface area (Å²) in [5, 5.41) is 9.41. The third-order valence-corrected chi connectivity index (χ3v) is 2.01. The van der Waals surface area contributed by atoms with Crippen molar-refractivity contribution in [2.75, 3.05) is 0 Å². The van der Waals surface area contributed by atoms with Gasteiger partial charge < -0.3 is 5.11 Å². The molecule has 0 unspecified atom stereocenters. The second-order valence-electron chi connectivity index (χ2n) is 2.92. The molecule has 1 aromatic rings. The van der Waals surface area contributed by atoms with Crippen LogP contribution in [0.15, 0.2) is 12.1 Å². The minimum absolute atomic E-state index is 0.418. The molecule has 0 spiro atoms. The van der Waals surface area contributed by atoms with E-state index in [-0.39, 0.29) is 0 Å². The molecular formula is C10H14O. The SMILES string of the molecule is CCc1cc(C)cc(O)c1C. The van der Waals surface area contributed by atoms with Crippen molar-refractivity contribution in [1.29, 1.82) is 0 Å². The number of aryl methyl sites for hydroxylation is 2. The molecule has 0 amide bonds. The van der Waals surface area contributed by atoms with Gasteiger partial charge >= 0.3 is 0 Å². The fraction of sp³-hybridized carbons (Fsp3) is 0.400. The number of hydrogen-bond donors (Lipinski definition) is 1. The summed E-state index contributed by atoms with van der Waals surface area (Å²) < 4.78 is 0. The first-order chi connectivity index (χ1) is 5.15. The summed E-state index contributed by atoms with van der Waals surface area (Å²) >= 11 is 0. The van der Waals surface area contributed by atoms with Crippen molar-refractivity contribution in [1.82, 2.24) is 0 Å². The molecule has 1 aromatic carbocycles. The van der Waals surface area contributed by atoms with Crippen LogP contribution in [0.4, 0.5) is 0 Å². The Labute approximate surface area is 67.7 Å². The molecular weight excluding hydrogens is 136 g/mol. The van der Waals surface area contributed by atoms with Crippen LogP contribution in [0.2, 0.25) is 0 Å². The van der Waals surface area contributed by atoms with E-state index < -0.39 is 0 Å². The van der Waals surface area contributed by atoms with Crippen molar-refractivity contribution in [3.05, 3.63) is 28.8 Å². The van der Waals surface area contributed by atoms with Crippen LogP contribution in [0.5, 0.6) is 5.75 Å². The van der Waals surface area contributed by atoms with Crippen molar-refractivity contribution in [2.24, 2.45) is 0 Å². The molecule has 1 nitrogen and oxygen atoms in total. The predicted molar refractivity (Wildman–Crippen MR) is 47.0 cm³/mol. The number of aromatic hydroxyl groups is 1. The number of phenolic OH excluding ortho intramolecular Hbond substituents is 1. The largest absolute Gasteiger partial charge is 0.508 e. The van der Waals surface area contributed by atoms with Gasteiger partial charge in [-0.1, -0.05) is 13.0 Å². The van der Waals surface area contributed by atoms with Crippen molar-refractivity contribution < 1.29 is 5.11 Å². The summed E-state index contributed by atoms with van der Waals surface area (Å²) in [6, 6.07) is 3.92. The van der Waals surface area contributed by atoms with E-state index in [0.29, 0.717) is 5.75 Å². The highest BCUT2D eigenvalue weighted by atomic mass is 16.3. The first kappa shape index (κ1) is 8.12. The van der Waals surface area contributed by atoms with E-state index in [0.717, 1.165) is 17.5 Å². The topological polar surface area (TPSA) is 20.2 Å². The Morgan fingerprint density at radius 2 is 1.91 bits per heavy atom. The van der Waals surface area contributed by atoms with Gasteiger partial charge in [-0.15, -0.1) is 0 Å². The molecule has 1 N–H and O–H groups in total. The molecule has 1 heteroatoms. The maximum Gasteiger partial charge on any atom is 0.119 e. The fourth-order valence-corrected chi connectivity index (χ4v) is 1.28. The molecule has 0 heterocycles. The molecule has 0 fully saturated rings. The Morgan fingerprint density at radius 1 is 1.27 bits per heavy atom. The normalized spacial score (nSPS) is 10.1. The molecule has 60 valence electrons. The first-order valence-corrected chi connectivity index (χ1v) is 3.94. The van der Waals surface area contributed by atoms with E-state index in [9.17, 15) is 5.11 Å². The monoisotopic (exact) mass is 150 g/mol. The van der Waals surface area contributed by atoms with Crippen LogP contribution < -0.4 is 0 Å². The van der Waals surface area contributed by atoms with Gasteiger partial charge in [0, 0.05) is 0 Å². The standard InChI is InChI=1S/C10H14O/c1-4-9-5-7(2)6-10(11)8(9)3/h5-6,11H,4H2,1-3H3. The van der Waals surface area contributed by atoms with Gasteiger partial charge in [-0.2, -0.15) is 0 Å². The second-order valence-corrected chi connectivity index (χ2v) is 2.92. The van der Waals surface area contributed by atoms with Crippen LogP contribution in [-0.2, 0) is 6.42 Å². The fourth-order valence-electron chi connectivity index (χ4n) is 1.28. The van der Waals surface area contributed by atoms with E-state index in [1.807, 2.05) is 13.8 Å². The zero-order valence-electron chi connectivity index (χ0n) is 7.31. The maximum absolute atomic E-state index is 9.41. The predicted octanol–water partition coefficient (Wildman–Crippen LogP) is 2.57. The summed E-state index contributed by atoms with van der Waals surface area (Å²) in [5.41, 5.74) is 3.38. The summed E-state index contributed by atoms with van der Waals surface area (Å²) in [6.07, 6.45) is 0.987. The van der Waals surface area contributed by atoms with E-state index in [4.69, 9.17) is 0 Å². The zero-order valence-corrected chi connectivity index (χ0v) is 7.31.